The number of furan rings is 1. The standard InChI is InChI=1S/C15H13N5O2S/c1-9(12-3-2-4-22-12)19-13(21)8-23-15-11(7-17)5-10(6-16)14(18)20-15/h2-5,9H,8H2,1H3,(H2,18,20)(H,19,21)/t9-/m1/s1. The molecule has 1 amide bonds. The Kier molecular flexibility index (Phi) is 5.23. The lowest BCUT2D eigenvalue weighted by atomic mass is 10.2. The molecule has 8 heteroatoms. The van der Waals surface area contributed by atoms with Gasteiger partial charge >= 0.3 is 0 Å². The highest BCUT2D eigenvalue weighted by atomic mass is 32.2. The van der Waals surface area contributed by atoms with E-state index in [1.54, 1.807) is 19.1 Å². The summed E-state index contributed by atoms with van der Waals surface area (Å²) < 4.78 is 5.21. The molecule has 2 aromatic rings. The highest BCUT2D eigenvalue weighted by Crippen LogP contribution is 2.24. The van der Waals surface area contributed by atoms with Crippen LogP contribution in [0, 0.1) is 22.7 Å². The van der Waals surface area contributed by atoms with Crippen LogP contribution < -0.4 is 11.1 Å². The Bertz CT molecular complexity index is 789. The number of carbonyl (C=O) groups is 1. The number of carbonyl (C=O) groups excluding carboxylic acids is 1. The van der Waals surface area contributed by atoms with Gasteiger partial charge in [0.05, 0.1) is 29.2 Å². The predicted molar refractivity (Wildman–Crippen MR) is 84.1 cm³/mol. The Hall–Kier alpha value is -2.97. The van der Waals surface area contributed by atoms with Crippen LogP contribution in [0.3, 0.4) is 0 Å². The van der Waals surface area contributed by atoms with Crippen molar-refractivity contribution < 1.29 is 9.21 Å². The van der Waals surface area contributed by atoms with Gasteiger partial charge in [-0.2, -0.15) is 10.5 Å². The van der Waals surface area contributed by atoms with Crippen molar-refractivity contribution >= 4 is 23.5 Å². The van der Waals surface area contributed by atoms with Gasteiger partial charge in [-0.1, -0.05) is 11.8 Å². The molecule has 0 fully saturated rings. The van der Waals surface area contributed by atoms with E-state index in [1.165, 1.54) is 12.3 Å². The average Bonchev–Trinajstić information content (AvgIpc) is 3.07. The second-order valence-corrected chi connectivity index (χ2v) is 5.55. The Morgan fingerprint density at radius 2 is 2.22 bits per heavy atom. The van der Waals surface area contributed by atoms with Crippen molar-refractivity contribution in [3.8, 4) is 12.1 Å². The number of nitrogen functional groups attached to an aromatic ring is 1. The van der Waals surface area contributed by atoms with Gasteiger partial charge in [0.25, 0.3) is 0 Å². The SMILES string of the molecule is C[C@@H](NC(=O)CSc1nc(N)c(C#N)cc1C#N)c1ccco1. The molecule has 0 unspecified atom stereocenters. The molecule has 0 aliphatic heterocycles. The molecule has 23 heavy (non-hydrogen) atoms. The lowest BCUT2D eigenvalue weighted by Gasteiger charge is -2.11. The fourth-order valence-corrected chi connectivity index (χ4v) is 2.59. The second kappa shape index (κ2) is 7.34. The van der Waals surface area contributed by atoms with Crippen molar-refractivity contribution in [2.45, 2.75) is 18.0 Å². The third-order valence-electron chi connectivity index (χ3n) is 2.95. The first-order valence-electron chi connectivity index (χ1n) is 6.61. The summed E-state index contributed by atoms with van der Waals surface area (Å²) in [6.45, 7) is 1.81. The lowest BCUT2D eigenvalue weighted by Crippen LogP contribution is -2.28. The van der Waals surface area contributed by atoms with Gasteiger partial charge in [0, 0.05) is 0 Å². The van der Waals surface area contributed by atoms with Crippen molar-refractivity contribution in [1.82, 2.24) is 10.3 Å². The summed E-state index contributed by atoms with van der Waals surface area (Å²) in [5.74, 6) is 0.533. The van der Waals surface area contributed by atoms with Crippen LogP contribution in [-0.2, 0) is 4.79 Å². The van der Waals surface area contributed by atoms with Crippen molar-refractivity contribution in [2.24, 2.45) is 0 Å². The van der Waals surface area contributed by atoms with Crippen LogP contribution in [0.1, 0.15) is 29.9 Å². The Labute approximate surface area is 137 Å². The number of pyridine rings is 1. The van der Waals surface area contributed by atoms with E-state index >= 15 is 0 Å². The van der Waals surface area contributed by atoms with E-state index in [9.17, 15) is 4.79 Å². The highest BCUT2D eigenvalue weighted by Gasteiger charge is 2.15. The zero-order valence-corrected chi connectivity index (χ0v) is 13.1. The number of amides is 1. The molecule has 1 atom stereocenters. The number of nitrogens with zero attached hydrogens (tertiary/aromatic N) is 3. The van der Waals surface area contributed by atoms with Gasteiger partial charge in [0.15, 0.2) is 0 Å². The van der Waals surface area contributed by atoms with Gasteiger partial charge in [0.2, 0.25) is 5.91 Å². The van der Waals surface area contributed by atoms with Gasteiger partial charge in [0.1, 0.15) is 28.7 Å². The van der Waals surface area contributed by atoms with E-state index in [4.69, 9.17) is 20.7 Å². The van der Waals surface area contributed by atoms with Gasteiger partial charge in [-0.05, 0) is 25.1 Å². The van der Waals surface area contributed by atoms with E-state index in [2.05, 4.69) is 10.3 Å². The maximum absolute atomic E-state index is 12.0. The number of nitrogens with two attached hydrogens (primary N) is 1. The molecule has 7 nitrogen and oxygen atoms in total. The molecule has 0 bridgehead atoms. The van der Waals surface area contributed by atoms with Crippen molar-refractivity contribution in [1.29, 1.82) is 10.5 Å². The number of aromatic nitrogens is 1. The van der Waals surface area contributed by atoms with Crippen molar-refractivity contribution in [3.05, 3.63) is 41.3 Å². The van der Waals surface area contributed by atoms with E-state index in [0.29, 0.717) is 10.8 Å². The summed E-state index contributed by atoms with van der Waals surface area (Å²) >= 11 is 1.09. The number of nitrogens with one attached hydrogen (secondary N) is 1. The number of thioether (sulfide) groups is 1. The normalized spacial score (nSPS) is 11.3. The summed E-state index contributed by atoms with van der Waals surface area (Å²) in [4.78, 5) is 16.0. The number of hydrogen-bond donors (Lipinski definition) is 2. The molecule has 2 aromatic heterocycles. The molecule has 0 aromatic carbocycles. The molecule has 2 rings (SSSR count). The van der Waals surface area contributed by atoms with Crippen molar-refractivity contribution in [2.75, 3.05) is 11.5 Å². The molecule has 0 aliphatic rings. The lowest BCUT2D eigenvalue weighted by molar-refractivity contribution is -0.119. The fourth-order valence-electron chi connectivity index (χ4n) is 1.82. The molecule has 0 aliphatic carbocycles. The summed E-state index contributed by atoms with van der Waals surface area (Å²) in [5, 5.41) is 21.1. The van der Waals surface area contributed by atoms with Crippen LogP contribution in [0.2, 0.25) is 0 Å². The molecule has 0 spiro atoms. The minimum Gasteiger partial charge on any atom is -0.467 e. The smallest absolute Gasteiger partial charge is 0.231 e. The maximum Gasteiger partial charge on any atom is 0.231 e. The topological polar surface area (TPSA) is 129 Å². The van der Waals surface area contributed by atoms with Gasteiger partial charge in [-0.15, -0.1) is 0 Å². The monoisotopic (exact) mass is 327 g/mol. The van der Waals surface area contributed by atoms with Crippen LogP contribution >= 0.6 is 11.8 Å². The zero-order chi connectivity index (χ0) is 16.8. The van der Waals surface area contributed by atoms with Crippen LogP contribution in [-0.4, -0.2) is 16.6 Å². The second-order valence-electron chi connectivity index (χ2n) is 4.59. The molecule has 0 saturated heterocycles. The highest BCUT2D eigenvalue weighted by molar-refractivity contribution is 8.00. The van der Waals surface area contributed by atoms with Gasteiger partial charge in [-0.25, -0.2) is 4.98 Å². The molecule has 116 valence electrons. The molecular weight excluding hydrogens is 314 g/mol. The number of rotatable bonds is 5. The van der Waals surface area contributed by atoms with E-state index in [1.807, 2.05) is 12.1 Å². The fraction of sp³-hybridized carbons (Fsp3) is 0.200. The number of anilines is 1. The Morgan fingerprint density at radius 1 is 1.48 bits per heavy atom. The first-order chi connectivity index (χ1) is 11.0. The summed E-state index contributed by atoms with van der Waals surface area (Å²) in [5.41, 5.74) is 5.99. The van der Waals surface area contributed by atoms with Crippen LogP contribution in [0.25, 0.3) is 0 Å². The molecule has 3 N–H and O–H groups in total. The first-order valence-corrected chi connectivity index (χ1v) is 7.60. The number of nitriles is 2. The Morgan fingerprint density at radius 3 is 2.83 bits per heavy atom. The number of hydrogen-bond acceptors (Lipinski definition) is 7. The largest absolute Gasteiger partial charge is 0.467 e. The van der Waals surface area contributed by atoms with Crippen molar-refractivity contribution in [3.63, 3.8) is 0 Å². The third kappa shape index (κ3) is 4.02. The minimum absolute atomic E-state index is 0.0401. The van der Waals surface area contributed by atoms with Gasteiger partial charge in [-0.3, -0.25) is 4.79 Å². The minimum atomic E-state index is -0.257. The molecular formula is C15H13N5O2S. The molecule has 2 heterocycles. The Balaban J connectivity index is 2.01. The molecule has 0 saturated carbocycles. The van der Waals surface area contributed by atoms with E-state index in [0.717, 1.165) is 11.8 Å². The van der Waals surface area contributed by atoms with Crippen LogP contribution in [0.4, 0.5) is 5.82 Å². The summed E-state index contributed by atoms with van der Waals surface area (Å²) in [7, 11) is 0. The summed E-state index contributed by atoms with van der Waals surface area (Å²) in [6.07, 6.45) is 1.54. The van der Waals surface area contributed by atoms with E-state index in [-0.39, 0.29) is 34.6 Å². The van der Waals surface area contributed by atoms with Crippen LogP contribution in [0.15, 0.2) is 33.9 Å². The summed E-state index contributed by atoms with van der Waals surface area (Å²) in [6, 6.07) is 8.44. The maximum atomic E-state index is 12.0. The van der Waals surface area contributed by atoms with Gasteiger partial charge < -0.3 is 15.5 Å². The zero-order valence-electron chi connectivity index (χ0n) is 12.2. The quantitative estimate of drug-likeness (QED) is 0.803. The van der Waals surface area contributed by atoms with Crippen LogP contribution in [0.5, 0.6) is 0 Å². The predicted octanol–water partition coefficient (Wildman–Crippen LogP) is 1.97. The average molecular weight is 327 g/mol. The molecule has 0 radical (unpaired) electrons. The van der Waals surface area contributed by atoms with E-state index < -0.39 is 0 Å². The first kappa shape index (κ1) is 16.4. The third-order valence-corrected chi connectivity index (χ3v) is 3.94.